The normalized spacial score (nSPS) is 14.4. The van der Waals surface area contributed by atoms with Gasteiger partial charge in [0.15, 0.2) is 0 Å². The summed E-state index contributed by atoms with van der Waals surface area (Å²) in [5.74, 6) is -0.974. The van der Waals surface area contributed by atoms with Gasteiger partial charge < -0.3 is 9.47 Å². The molecule has 0 aliphatic heterocycles. The fraction of sp³-hybridized carbons (Fsp3) is 0.364. The van der Waals surface area contributed by atoms with Crippen LogP contribution in [0.3, 0.4) is 0 Å². The van der Waals surface area contributed by atoms with E-state index < -0.39 is 5.79 Å². The van der Waals surface area contributed by atoms with Gasteiger partial charge in [0.1, 0.15) is 0 Å². The summed E-state index contributed by atoms with van der Waals surface area (Å²) in [6, 6.07) is 9.37. The van der Waals surface area contributed by atoms with Crippen LogP contribution in [0.25, 0.3) is 0 Å². The van der Waals surface area contributed by atoms with E-state index in [1.165, 1.54) is 0 Å². The van der Waals surface area contributed by atoms with Gasteiger partial charge in [-0.1, -0.05) is 30.3 Å². The molecule has 3 heteroatoms. The van der Waals surface area contributed by atoms with Gasteiger partial charge in [-0.05, 0) is 6.92 Å². The molecule has 14 heavy (non-hydrogen) atoms. The maximum atomic E-state index is 10.4. The standard InChI is InChI=1S/C11H14O3/c1-3-13-11(2,14-9-12)10-7-5-4-6-8-10/h4-9H,3H2,1-2H3. The highest BCUT2D eigenvalue weighted by Crippen LogP contribution is 2.25. The highest BCUT2D eigenvalue weighted by Gasteiger charge is 2.28. The fourth-order valence-corrected chi connectivity index (χ4v) is 1.29. The first-order chi connectivity index (χ1) is 6.73. The summed E-state index contributed by atoms with van der Waals surface area (Å²) in [7, 11) is 0. The predicted octanol–water partition coefficient (Wildman–Crippen LogP) is 2.07. The third kappa shape index (κ3) is 2.33. The van der Waals surface area contributed by atoms with Crippen LogP contribution in [-0.2, 0) is 20.1 Å². The van der Waals surface area contributed by atoms with Crippen molar-refractivity contribution in [3.05, 3.63) is 35.9 Å². The van der Waals surface area contributed by atoms with Crippen LogP contribution in [0.2, 0.25) is 0 Å². The van der Waals surface area contributed by atoms with Gasteiger partial charge in [0.25, 0.3) is 6.47 Å². The highest BCUT2D eigenvalue weighted by molar-refractivity contribution is 5.39. The lowest BCUT2D eigenvalue weighted by molar-refractivity contribution is -0.217. The van der Waals surface area contributed by atoms with Crippen LogP contribution in [0.15, 0.2) is 30.3 Å². The Labute approximate surface area is 83.6 Å². The van der Waals surface area contributed by atoms with E-state index in [0.29, 0.717) is 13.1 Å². The highest BCUT2D eigenvalue weighted by atomic mass is 16.7. The molecule has 3 nitrogen and oxygen atoms in total. The van der Waals surface area contributed by atoms with Crippen LogP contribution >= 0.6 is 0 Å². The van der Waals surface area contributed by atoms with E-state index in [-0.39, 0.29) is 0 Å². The average Bonchev–Trinajstić information content (AvgIpc) is 2.20. The van der Waals surface area contributed by atoms with Gasteiger partial charge in [-0.15, -0.1) is 0 Å². The van der Waals surface area contributed by atoms with Gasteiger partial charge in [0, 0.05) is 19.1 Å². The Bertz CT molecular complexity index is 284. The molecule has 0 amide bonds. The molecule has 0 saturated carbocycles. The van der Waals surface area contributed by atoms with E-state index in [9.17, 15) is 4.79 Å². The van der Waals surface area contributed by atoms with E-state index >= 15 is 0 Å². The molecule has 0 heterocycles. The minimum absolute atomic E-state index is 0.405. The zero-order chi connectivity index (χ0) is 10.4. The Balaban J connectivity index is 2.92. The summed E-state index contributed by atoms with van der Waals surface area (Å²) in [5.41, 5.74) is 0.828. The molecule has 0 saturated heterocycles. The van der Waals surface area contributed by atoms with Crippen molar-refractivity contribution in [3.8, 4) is 0 Å². The number of hydrogen-bond acceptors (Lipinski definition) is 3. The molecule has 0 aromatic heterocycles. The molecule has 0 fully saturated rings. The SMILES string of the molecule is CCOC(C)(OC=O)c1ccccc1. The molecule has 1 aromatic carbocycles. The van der Waals surface area contributed by atoms with Crippen molar-refractivity contribution in [2.24, 2.45) is 0 Å². The lowest BCUT2D eigenvalue weighted by atomic mass is 10.1. The van der Waals surface area contributed by atoms with Gasteiger partial charge >= 0.3 is 0 Å². The van der Waals surface area contributed by atoms with Gasteiger partial charge in [-0.3, -0.25) is 4.79 Å². The fourth-order valence-electron chi connectivity index (χ4n) is 1.29. The zero-order valence-corrected chi connectivity index (χ0v) is 8.40. The van der Waals surface area contributed by atoms with Crippen molar-refractivity contribution in [1.82, 2.24) is 0 Å². The van der Waals surface area contributed by atoms with E-state index in [4.69, 9.17) is 9.47 Å². The van der Waals surface area contributed by atoms with E-state index in [2.05, 4.69) is 0 Å². The van der Waals surface area contributed by atoms with Crippen molar-refractivity contribution in [3.63, 3.8) is 0 Å². The summed E-state index contributed by atoms with van der Waals surface area (Å²) < 4.78 is 10.4. The first kappa shape index (κ1) is 10.7. The van der Waals surface area contributed by atoms with Crippen molar-refractivity contribution in [2.75, 3.05) is 6.61 Å². The van der Waals surface area contributed by atoms with E-state index in [0.717, 1.165) is 5.56 Å². The van der Waals surface area contributed by atoms with Gasteiger partial charge in [0.2, 0.25) is 5.79 Å². The van der Waals surface area contributed by atoms with Crippen molar-refractivity contribution in [2.45, 2.75) is 19.6 Å². The first-order valence-electron chi connectivity index (χ1n) is 4.54. The van der Waals surface area contributed by atoms with Gasteiger partial charge in [0.05, 0.1) is 0 Å². The Morgan fingerprint density at radius 2 is 2.00 bits per heavy atom. The van der Waals surface area contributed by atoms with Crippen LogP contribution < -0.4 is 0 Å². The summed E-state index contributed by atoms with van der Waals surface area (Å²) in [4.78, 5) is 10.4. The second kappa shape index (κ2) is 4.77. The number of rotatable bonds is 5. The zero-order valence-electron chi connectivity index (χ0n) is 8.40. The third-order valence-corrected chi connectivity index (χ3v) is 1.99. The molecule has 0 bridgehead atoms. The molecule has 0 spiro atoms. The molecule has 0 N–H and O–H groups in total. The molecule has 1 unspecified atom stereocenters. The molecule has 0 radical (unpaired) electrons. The number of ether oxygens (including phenoxy) is 2. The average molecular weight is 194 g/mol. The molecule has 1 atom stereocenters. The maximum absolute atomic E-state index is 10.4. The van der Waals surface area contributed by atoms with Gasteiger partial charge in [-0.2, -0.15) is 0 Å². The van der Waals surface area contributed by atoms with Crippen LogP contribution in [0.5, 0.6) is 0 Å². The molecule has 0 aliphatic carbocycles. The Kier molecular flexibility index (Phi) is 3.65. The topological polar surface area (TPSA) is 35.5 Å². The van der Waals surface area contributed by atoms with Crippen LogP contribution in [0, 0.1) is 0 Å². The second-order valence-corrected chi connectivity index (χ2v) is 2.96. The molecular weight excluding hydrogens is 180 g/mol. The molecule has 1 aromatic rings. The van der Waals surface area contributed by atoms with Crippen LogP contribution in [0.1, 0.15) is 19.4 Å². The molecule has 0 aliphatic rings. The minimum atomic E-state index is -0.974. The van der Waals surface area contributed by atoms with E-state index in [1.807, 2.05) is 37.3 Å². The number of benzene rings is 1. The lowest BCUT2D eigenvalue weighted by Crippen LogP contribution is -2.29. The quantitative estimate of drug-likeness (QED) is 0.531. The lowest BCUT2D eigenvalue weighted by Gasteiger charge is -2.27. The minimum Gasteiger partial charge on any atom is -0.431 e. The smallest absolute Gasteiger partial charge is 0.295 e. The van der Waals surface area contributed by atoms with E-state index in [1.54, 1.807) is 6.92 Å². The number of carbonyl (C=O) groups excluding carboxylic acids is 1. The molecular formula is C11H14O3. The summed E-state index contributed by atoms with van der Waals surface area (Å²) in [6.45, 7) is 4.47. The Hall–Kier alpha value is -1.35. The van der Waals surface area contributed by atoms with Crippen LogP contribution in [0.4, 0.5) is 0 Å². The summed E-state index contributed by atoms with van der Waals surface area (Å²) >= 11 is 0. The largest absolute Gasteiger partial charge is 0.431 e. The number of carbonyl (C=O) groups is 1. The van der Waals surface area contributed by atoms with Crippen molar-refractivity contribution < 1.29 is 14.3 Å². The number of hydrogen-bond donors (Lipinski definition) is 0. The summed E-state index contributed by atoms with van der Waals surface area (Å²) in [6.07, 6.45) is 0. The molecule has 76 valence electrons. The third-order valence-electron chi connectivity index (χ3n) is 1.99. The predicted molar refractivity (Wildman–Crippen MR) is 52.6 cm³/mol. The summed E-state index contributed by atoms with van der Waals surface area (Å²) in [5, 5.41) is 0. The Morgan fingerprint density at radius 1 is 1.36 bits per heavy atom. The second-order valence-electron chi connectivity index (χ2n) is 2.96. The van der Waals surface area contributed by atoms with Crippen molar-refractivity contribution in [1.29, 1.82) is 0 Å². The maximum Gasteiger partial charge on any atom is 0.295 e. The molecule has 1 rings (SSSR count). The van der Waals surface area contributed by atoms with Gasteiger partial charge in [-0.25, -0.2) is 0 Å². The monoisotopic (exact) mass is 194 g/mol. The Morgan fingerprint density at radius 3 is 2.50 bits per heavy atom. The van der Waals surface area contributed by atoms with Crippen molar-refractivity contribution >= 4 is 6.47 Å². The van der Waals surface area contributed by atoms with Crippen LogP contribution in [-0.4, -0.2) is 13.1 Å². The first-order valence-corrected chi connectivity index (χ1v) is 4.54.